The lowest BCUT2D eigenvalue weighted by molar-refractivity contribution is -0.136. The average molecular weight is 587 g/mol. The number of likely N-dealkylation sites (N-methyl/N-ethyl adjacent to an activating group) is 2. The summed E-state index contributed by atoms with van der Waals surface area (Å²) < 4.78 is 0. The molecular weight excluding hydrogens is 540 g/mol. The molecule has 4 N–H and O–H groups in total. The lowest BCUT2D eigenvalue weighted by atomic mass is 9.73. The fourth-order valence-electron chi connectivity index (χ4n) is 7.23. The topological polar surface area (TPSA) is 115 Å². The molecule has 0 bridgehead atoms. The van der Waals surface area contributed by atoms with Crippen LogP contribution in [0.1, 0.15) is 68.6 Å². The first-order chi connectivity index (χ1) is 20.3. The number of urea groups is 1. The van der Waals surface area contributed by atoms with Crippen LogP contribution >= 0.6 is 0 Å². The second-order valence-corrected chi connectivity index (χ2v) is 13.5. The number of hydrogen-bond donors (Lipinski definition) is 3. The summed E-state index contributed by atoms with van der Waals surface area (Å²) in [6, 6.07) is 15.2. The number of benzene rings is 2. The second kappa shape index (κ2) is 11.7. The monoisotopic (exact) mass is 586 g/mol. The minimum Gasteiger partial charge on any atom is -0.361 e. The molecule has 5 rings (SSSR count). The van der Waals surface area contributed by atoms with E-state index in [0.717, 1.165) is 41.3 Å². The number of aromatic nitrogens is 1. The van der Waals surface area contributed by atoms with Gasteiger partial charge in [-0.15, -0.1) is 0 Å². The molecule has 9 nitrogen and oxygen atoms in total. The molecule has 43 heavy (non-hydrogen) atoms. The van der Waals surface area contributed by atoms with E-state index in [-0.39, 0.29) is 35.1 Å². The number of piperidine rings is 1. The zero-order valence-corrected chi connectivity index (χ0v) is 26.3. The van der Waals surface area contributed by atoms with Gasteiger partial charge in [-0.1, -0.05) is 49.4 Å². The predicted molar refractivity (Wildman–Crippen MR) is 170 cm³/mol. The fraction of sp³-hybridized carbons (Fsp3) is 0.500. The van der Waals surface area contributed by atoms with Crippen molar-refractivity contribution in [1.82, 2.24) is 25.0 Å². The fourth-order valence-corrected chi connectivity index (χ4v) is 7.23. The van der Waals surface area contributed by atoms with Crippen LogP contribution in [0.5, 0.6) is 0 Å². The van der Waals surface area contributed by atoms with Crippen LogP contribution in [0.3, 0.4) is 0 Å². The summed E-state index contributed by atoms with van der Waals surface area (Å²) in [5.74, 6) is -0.404. The number of rotatable bonds is 7. The summed E-state index contributed by atoms with van der Waals surface area (Å²) in [7, 11) is 5.33. The Morgan fingerprint density at radius 1 is 1.07 bits per heavy atom. The maximum Gasteiger partial charge on any atom is 0.317 e. The zero-order chi connectivity index (χ0) is 31.1. The molecule has 3 atom stereocenters. The molecule has 1 fully saturated rings. The molecule has 4 amide bonds. The summed E-state index contributed by atoms with van der Waals surface area (Å²) in [4.78, 5) is 49.3. The Morgan fingerprint density at radius 2 is 1.72 bits per heavy atom. The van der Waals surface area contributed by atoms with Crippen molar-refractivity contribution < 1.29 is 14.4 Å². The van der Waals surface area contributed by atoms with Crippen molar-refractivity contribution in [3.05, 3.63) is 71.4 Å². The largest absolute Gasteiger partial charge is 0.361 e. The smallest absolute Gasteiger partial charge is 0.317 e. The van der Waals surface area contributed by atoms with Gasteiger partial charge in [-0.25, -0.2) is 4.79 Å². The Hall–Kier alpha value is -3.85. The highest BCUT2D eigenvalue weighted by atomic mass is 16.2. The lowest BCUT2D eigenvalue weighted by Crippen LogP contribution is -2.57. The van der Waals surface area contributed by atoms with Crippen LogP contribution in [0.2, 0.25) is 0 Å². The van der Waals surface area contributed by atoms with Gasteiger partial charge in [0.1, 0.15) is 6.04 Å². The molecule has 1 spiro atoms. The minimum atomic E-state index is -0.761. The summed E-state index contributed by atoms with van der Waals surface area (Å²) in [5.41, 5.74) is 9.81. The molecule has 230 valence electrons. The molecule has 0 saturated carbocycles. The SMILES string of the molecule is CC(c1c[nH]c2ccccc12)C(NC(=O)N(C)CC(C)(C)N)C(=O)N1CCC2(CC1)CC(C(=O)N(C)C)c1ccccc12. The third kappa shape index (κ3) is 6.00. The van der Waals surface area contributed by atoms with Crippen molar-refractivity contribution in [3.8, 4) is 0 Å². The van der Waals surface area contributed by atoms with Gasteiger partial charge in [-0.05, 0) is 55.9 Å². The minimum absolute atomic E-state index is 0.0893. The summed E-state index contributed by atoms with van der Waals surface area (Å²) in [5, 5.41) is 4.11. The van der Waals surface area contributed by atoms with E-state index in [1.807, 2.05) is 82.4 Å². The number of nitrogens with one attached hydrogen (secondary N) is 2. The van der Waals surface area contributed by atoms with Gasteiger partial charge in [-0.2, -0.15) is 0 Å². The van der Waals surface area contributed by atoms with E-state index < -0.39 is 11.6 Å². The van der Waals surface area contributed by atoms with Gasteiger partial charge >= 0.3 is 6.03 Å². The standard InChI is InChI=1S/C34H46N6O3/c1-22(26-20-36-28-14-10-8-12-24(26)28)29(37-32(43)39(6)21-33(2,3)35)31(42)40-17-15-34(16-18-40)19-25(30(41)38(4)5)23-11-7-9-13-27(23)34/h7-14,20,22,25,29,36H,15-19,21,35H2,1-6H3,(H,37,43). The molecule has 2 heterocycles. The third-order valence-corrected chi connectivity index (χ3v) is 9.42. The number of carbonyl (C=O) groups excluding carboxylic acids is 3. The molecule has 3 unspecified atom stereocenters. The van der Waals surface area contributed by atoms with Crippen LogP contribution in [0.4, 0.5) is 4.79 Å². The number of H-pyrrole nitrogens is 1. The van der Waals surface area contributed by atoms with E-state index in [4.69, 9.17) is 5.73 Å². The Labute approximate surface area is 254 Å². The average Bonchev–Trinajstić information content (AvgIpc) is 3.54. The van der Waals surface area contributed by atoms with Crippen LogP contribution in [0, 0.1) is 0 Å². The van der Waals surface area contributed by atoms with E-state index >= 15 is 0 Å². The summed E-state index contributed by atoms with van der Waals surface area (Å²) in [6.45, 7) is 7.22. The van der Waals surface area contributed by atoms with Crippen molar-refractivity contribution in [2.24, 2.45) is 5.73 Å². The number of fused-ring (bicyclic) bond motifs is 3. The number of nitrogens with two attached hydrogens (primary N) is 1. The van der Waals surface area contributed by atoms with Crippen LogP contribution in [0.25, 0.3) is 10.9 Å². The number of hydrogen-bond acceptors (Lipinski definition) is 4. The van der Waals surface area contributed by atoms with E-state index in [1.54, 1.807) is 16.8 Å². The first kappa shape index (κ1) is 30.6. The van der Waals surface area contributed by atoms with E-state index in [2.05, 4.69) is 22.4 Å². The molecule has 3 aromatic rings. The molecule has 9 heteroatoms. The Balaban J connectivity index is 1.39. The number of carbonyl (C=O) groups is 3. The van der Waals surface area contributed by atoms with Gasteiger partial charge < -0.3 is 30.7 Å². The molecule has 1 saturated heterocycles. The Kier molecular flexibility index (Phi) is 8.31. The molecular formula is C34H46N6O3. The molecule has 1 aliphatic carbocycles. The molecule has 2 aromatic carbocycles. The van der Waals surface area contributed by atoms with Gasteiger partial charge in [0.25, 0.3) is 0 Å². The van der Waals surface area contributed by atoms with Crippen molar-refractivity contribution >= 4 is 28.7 Å². The molecule has 2 aliphatic rings. The molecule has 0 radical (unpaired) electrons. The van der Waals surface area contributed by atoms with Crippen molar-refractivity contribution in [2.75, 3.05) is 40.8 Å². The zero-order valence-electron chi connectivity index (χ0n) is 26.3. The lowest BCUT2D eigenvalue weighted by Gasteiger charge is -2.42. The van der Waals surface area contributed by atoms with E-state index in [9.17, 15) is 14.4 Å². The van der Waals surface area contributed by atoms with Gasteiger partial charge in [0.2, 0.25) is 11.8 Å². The first-order valence-corrected chi connectivity index (χ1v) is 15.3. The highest BCUT2D eigenvalue weighted by Gasteiger charge is 2.49. The predicted octanol–water partition coefficient (Wildman–Crippen LogP) is 4.15. The second-order valence-electron chi connectivity index (χ2n) is 13.5. The quantitative estimate of drug-likeness (QED) is 0.386. The third-order valence-electron chi connectivity index (χ3n) is 9.42. The number of likely N-dealkylation sites (tertiary alicyclic amines) is 1. The summed E-state index contributed by atoms with van der Waals surface area (Å²) in [6.07, 6.45) is 4.25. The van der Waals surface area contributed by atoms with Gasteiger partial charge in [0, 0.05) is 74.7 Å². The first-order valence-electron chi connectivity index (χ1n) is 15.3. The van der Waals surface area contributed by atoms with E-state index in [0.29, 0.717) is 19.6 Å². The van der Waals surface area contributed by atoms with Gasteiger partial charge in [0.15, 0.2) is 0 Å². The maximum absolute atomic E-state index is 14.3. The van der Waals surface area contributed by atoms with Gasteiger partial charge in [-0.3, -0.25) is 9.59 Å². The Morgan fingerprint density at radius 3 is 2.40 bits per heavy atom. The number of amides is 4. The highest BCUT2D eigenvalue weighted by Crippen LogP contribution is 2.52. The number of nitrogens with zero attached hydrogens (tertiary/aromatic N) is 3. The molecule has 1 aromatic heterocycles. The van der Waals surface area contributed by atoms with Crippen LogP contribution in [-0.4, -0.2) is 89.9 Å². The Bertz CT molecular complexity index is 1500. The van der Waals surface area contributed by atoms with Crippen molar-refractivity contribution in [1.29, 1.82) is 0 Å². The van der Waals surface area contributed by atoms with Crippen LogP contribution < -0.4 is 11.1 Å². The normalized spacial score (nSPS) is 19.1. The van der Waals surface area contributed by atoms with E-state index in [1.165, 1.54) is 5.56 Å². The van der Waals surface area contributed by atoms with Gasteiger partial charge in [0.05, 0.1) is 5.92 Å². The van der Waals surface area contributed by atoms with Crippen LogP contribution in [-0.2, 0) is 15.0 Å². The van der Waals surface area contributed by atoms with Crippen LogP contribution in [0.15, 0.2) is 54.7 Å². The maximum atomic E-state index is 14.3. The molecule has 1 aliphatic heterocycles. The summed E-state index contributed by atoms with van der Waals surface area (Å²) >= 11 is 0. The number of para-hydroxylation sites is 1. The number of aromatic amines is 1. The highest BCUT2D eigenvalue weighted by molar-refractivity contribution is 5.90. The van der Waals surface area contributed by atoms with Crippen molar-refractivity contribution in [2.45, 2.75) is 68.9 Å². The van der Waals surface area contributed by atoms with Crippen molar-refractivity contribution in [3.63, 3.8) is 0 Å².